The highest BCUT2D eigenvalue weighted by Gasteiger charge is 2.07. The maximum Gasteiger partial charge on any atom is 0.204 e. The maximum absolute atomic E-state index is 11.1. The van der Waals surface area contributed by atoms with Crippen LogP contribution in [0, 0.1) is 0 Å². The van der Waals surface area contributed by atoms with Crippen LogP contribution in [0.4, 0.5) is 5.69 Å². The van der Waals surface area contributed by atoms with E-state index in [0.717, 1.165) is 0 Å². The molecular formula is C10H16N2O3. The second-order valence-electron chi connectivity index (χ2n) is 3.27. The zero-order chi connectivity index (χ0) is 11.3. The van der Waals surface area contributed by atoms with Gasteiger partial charge in [-0.15, -0.1) is 0 Å². The second-order valence-corrected chi connectivity index (χ2v) is 3.27. The van der Waals surface area contributed by atoms with Crippen LogP contribution in [0.25, 0.3) is 0 Å². The fourth-order valence-electron chi connectivity index (χ4n) is 1.27. The van der Waals surface area contributed by atoms with E-state index in [1.165, 1.54) is 6.07 Å². The van der Waals surface area contributed by atoms with Gasteiger partial charge in [0.25, 0.3) is 0 Å². The Kier molecular flexibility index (Phi) is 4.33. The largest absolute Gasteiger partial charge is 0.394 e. The van der Waals surface area contributed by atoms with Crippen molar-refractivity contribution < 1.29 is 9.47 Å². The van der Waals surface area contributed by atoms with Crippen LogP contribution in [0.3, 0.4) is 0 Å². The summed E-state index contributed by atoms with van der Waals surface area (Å²) in [7, 11) is 3.24. The SMILES string of the molecule is COCC(Cn1ccc(=O)c(N)c1)OC. The van der Waals surface area contributed by atoms with Crippen molar-refractivity contribution in [1.82, 2.24) is 4.57 Å². The minimum Gasteiger partial charge on any atom is -0.394 e. The third-order valence-corrected chi connectivity index (χ3v) is 2.11. The number of ether oxygens (including phenoxy) is 2. The number of pyridine rings is 1. The predicted octanol–water partition coefficient (Wildman–Crippen LogP) is 0.0919. The summed E-state index contributed by atoms with van der Waals surface area (Å²) in [4.78, 5) is 11.1. The van der Waals surface area contributed by atoms with Crippen molar-refractivity contribution in [1.29, 1.82) is 0 Å². The van der Waals surface area contributed by atoms with Crippen molar-refractivity contribution in [3.05, 3.63) is 28.7 Å². The van der Waals surface area contributed by atoms with Crippen LogP contribution in [0.15, 0.2) is 23.3 Å². The number of aromatic nitrogens is 1. The van der Waals surface area contributed by atoms with Gasteiger partial charge in [-0.2, -0.15) is 0 Å². The molecule has 1 rings (SSSR count). The summed E-state index contributed by atoms with van der Waals surface area (Å²) in [5.74, 6) is 0. The molecule has 84 valence electrons. The zero-order valence-electron chi connectivity index (χ0n) is 8.97. The summed E-state index contributed by atoms with van der Waals surface area (Å²) in [5.41, 5.74) is 5.59. The molecule has 1 unspecified atom stereocenters. The summed E-state index contributed by atoms with van der Waals surface area (Å²) in [6.45, 7) is 1.11. The Morgan fingerprint density at radius 2 is 2.27 bits per heavy atom. The summed E-state index contributed by atoms with van der Waals surface area (Å²) >= 11 is 0. The fourth-order valence-corrected chi connectivity index (χ4v) is 1.27. The molecule has 0 amide bonds. The number of hydrogen-bond donors (Lipinski definition) is 1. The maximum atomic E-state index is 11.1. The third-order valence-electron chi connectivity index (χ3n) is 2.11. The van der Waals surface area contributed by atoms with Crippen molar-refractivity contribution >= 4 is 5.69 Å². The Morgan fingerprint density at radius 1 is 1.53 bits per heavy atom. The lowest BCUT2D eigenvalue weighted by Gasteiger charge is -2.16. The Morgan fingerprint density at radius 3 is 2.80 bits per heavy atom. The van der Waals surface area contributed by atoms with Gasteiger partial charge in [-0.05, 0) is 0 Å². The van der Waals surface area contributed by atoms with Crippen molar-refractivity contribution in [2.45, 2.75) is 12.6 Å². The average Bonchev–Trinajstić information content (AvgIpc) is 2.23. The molecule has 0 fully saturated rings. The van der Waals surface area contributed by atoms with Crippen molar-refractivity contribution in [2.75, 3.05) is 26.6 Å². The van der Waals surface area contributed by atoms with Crippen molar-refractivity contribution in [2.24, 2.45) is 0 Å². The number of anilines is 1. The molecule has 0 saturated heterocycles. The lowest BCUT2D eigenvalue weighted by atomic mass is 10.3. The van der Waals surface area contributed by atoms with Gasteiger partial charge in [0, 0.05) is 32.7 Å². The van der Waals surface area contributed by atoms with E-state index in [4.69, 9.17) is 15.2 Å². The third kappa shape index (κ3) is 3.38. The first-order valence-corrected chi connectivity index (χ1v) is 4.64. The first-order valence-electron chi connectivity index (χ1n) is 4.64. The molecule has 0 bridgehead atoms. The van der Waals surface area contributed by atoms with Gasteiger partial charge >= 0.3 is 0 Å². The van der Waals surface area contributed by atoms with Crippen LogP contribution < -0.4 is 11.2 Å². The fraction of sp³-hybridized carbons (Fsp3) is 0.500. The lowest BCUT2D eigenvalue weighted by molar-refractivity contribution is 0.0183. The van der Waals surface area contributed by atoms with Gasteiger partial charge in [0.1, 0.15) is 0 Å². The van der Waals surface area contributed by atoms with Crippen LogP contribution >= 0.6 is 0 Å². The molecule has 0 aliphatic carbocycles. The standard InChI is InChI=1S/C10H16N2O3/c1-14-7-8(15-2)5-12-4-3-10(13)9(11)6-12/h3-4,6,8H,5,7,11H2,1-2H3. The van der Waals surface area contributed by atoms with Gasteiger partial charge in [0.15, 0.2) is 0 Å². The molecule has 0 aliphatic rings. The highest BCUT2D eigenvalue weighted by Crippen LogP contribution is 1.99. The van der Waals surface area contributed by atoms with E-state index in [1.807, 2.05) is 4.57 Å². The Labute approximate surface area is 88.4 Å². The predicted molar refractivity (Wildman–Crippen MR) is 57.8 cm³/mol. The minimum atomic E-state index is -0.160. The molecule has 1 atom stereocenters. The van der Waals surface area contributed by atoms with Crippen LogP contribution in [-0.4, -0.2) is 31.5 Å². The smallest absolute Gasteiger partial charge is 0.204 e. The minimum absolute atomic E-state index is 0.0445. The van der Waals surface area contributed by atoms with E-state index >= 15 is 0 Å². The van der Waals surface area contributed by atoms with E-state index < -0.39 is 0 Å². The molecular weight excluding hydrogens is 196 g/mol. The molecule has 0 radical (unpaired) electrons. The molecule has 1 heterocycles. The van der Waals surface area contributed by atoms with Crippen LogP contribution in [0.2, 0.25) is 0 Å². The molecule has 0 aliphatic heterocycles. The molecule has 0 spiro atoms. The molecule has 0 aromatic carbocycles. The number of methoxy groups -OCH3 is 2. The van der Waals surface area contributed by atoms with Crippen LogP contribution in [-0.2, 0) is 16.0 Å². The second kappa shape index (κ2) is 5.53. The summed E-state index contributed by atoms with van der Waals surface area (Å²) in [6.07, 6.45) is 3.24. The quantitative estimate of drug-likeness (QED) is 0.751. The number of hydrogen-bond acceptors (Lipinski definition) is 4. The number of nitrogens with zero attached hydrogens (tertiary/aromatic N) is 1. The lowest BCUT2D eigenvalue weighted by Crippen LogP contribution is -2.24. The molecule has 0 saturated carbocycles. The molecule has 2 N–H and O–H groups in total. The van der Waals surface area contributed by atoms with Gasteiger partial charge < -0.3 is 19.8 Å². The Balaban J connectivity index is 2.70. The van der Waals surface area contributed by atoms with Crippen LogP contribution in [0.5, 0.6) is 0 Å². The molecule has 5 heteroatoms. The number of nitrogens with two attached hydrogens (primary N) is 1. The molecule has 15 heavy (non-hydrogen) atoms. The van der Waals surface area contributed by atoms with Crippen LogP contribution in [0.1, 0.15) is 0 Å². The van der Waals surface area contributed by atoms with E-state index in [9.17, 15) is 4.79 Å². The first kappa shape index (κ1) is 11.7. The highest BCUT2D eigenvalue weighted by molar-refractivity contribution is 5.33. The summed E-state index contributed by atoms with van der Waals surface area (Å²) < 4.78 is 12.0. The molecule has 5 nitrogen and oxygen atoms in total. The van der Waals surface area contributed by atoms with Crippen molar-refractivity contribution in [3.63, 3.8) is 0 Å². The van der Waals surface area contributed by atoms with Gasteiger partial charge in [-0.1, -0.05) is 0 Å². The Bertz CT molecular complexity index is 362. The van der Waals surface area contributed by atoms with E-state index in [-0.39, 0.29) is 17.2 Å². The zero-order valence-corrected chi connectivity index (χ0v) is 8.97. The Hall–Kier alpha value is -1.33. The average molecular weight is 212 g/mol. The molecule has 1 aromatic rings. The van der Waals surface area contributed by atoms with E-state index in [2.05, 4.69) is 0 Å². The van der Waals surface area contributed by atoms with E-state index in [0.29, 0.717) is 13.2 Å². The van der Waals surface area contributed by atoms with Gasteiger partial charge in [0.05, 0.1) is 24.9 Å². The topological polar surface area (TPSA) is 66.5 Å². The summed E-state index contributed by atoms with van der Waals surface area (Å²) in [5, 5.41) is 0. The van der Waals surface area contributed by atoms with Crippen molar-refractivity contribution in [3.8, 4) is 0 Å². The monoisotopic (exact) mass is 212 g/mol. The normalized spacial score (nSPS) is 12.7. The highest BCUT2D eigenvalue weighted by atomic mass is 16.5. The number of rotatable bonds is 5. The van der Waals surface area contributed by atoms with Gasteiger partial charge in [0.2, 0.25) is 5.43 Å². The van der Waals surface area contributed by atoms with Gasteiger partial charge in [-0.3, -0.25) is 4.79 Å². The number of nitrogen functional groups attached to an aromatic ring is 1. The van der Waals surface area contributed by atoms with E-state index in [1.54, 1.807) is 26.6 Å². The first-order chi connectivity index (χ1) is 7.17. The molecule has 1 aromatic heterocycles. The van der Waals surface area contributed by atoms with Gasteiger partial charge in [-0.25, -0.2) is 0 Å². The summed E-state index contributed by atoms with van der Waals surface area (Å²) in [6, 6.07) is 1.44.